The molecule has 0 fully saturated rings. The number of ether oxygens (including phenoxy) is 1. The Morgan fingerprint density at radius 1 is 1.80 bits per heavy atom. The molecule has 0 aliphatic heterocycles. The molecule has 0 aromatic heterocycles. The van der Waals surface area contributed by atoms with Gasteiger partial charge in [0.05, 0.1) is 13.4 Å². The van der Waals surface area contributed by atoms with Crippen LogP contribution < -0.4 is 0 Å². The molecule has 0 aliphatic carbocycles. The van der Waals surface area contributed by atoms with Gasteiger partial charge in [-0.15, -0.1) is 0 Å². The molecule has 0 aromatic rings. The molecule has 4 nitrogen and oxygen atoms in total. The highest BCUT2D eigenvalue weighted by Gasteiger charge is 2.09. The molecular formula is C6H10O4. The molecule has 0 rings (SSSR count). The Morgan fingerprint density at radius 2 is 2.40 bits per heavy atom. The molecule has 0 heterocycles. The molecule has 4 heteroatoms. The summed E-state index contributed by atoms with van der Waals surface area (Å²) in [5, 5.41) is 16.8. The highest BCUT2D eigenvalue weighted by atomic mass is 16.5. The number of rotatable bonds is 4. The SMILES string of the molecule is CO/C=C/CC(O)C(=O)O. The lowest BCUT2D eigenvalue weighted by Gasteiger charge is -1.98. The van der Waals surface area contributed by atoms with Crippen molar-refractivity contribution in [2.24, 2.45) is 0 Å². The van der Waals surface area contributed by atoms with Crippen LogP contribution in [0.1, 0.15) is 6.42 Å². The molecular weight excluding hydrogens is 136 g/mol. The molecule has 0 spiro atoms. The van der Waals surface area contributed by atoms with E-state index in [4.69, 9.17) is 10.2 Å². The van der Waals surface area contributed by atoms with Gasteiger partial charge in [0.2, 0.25) is 0 Å². The van der Waals surface area contributed by atoms with Gasteiger partial charge in [-0.05, 0) is 6.08 Å². The first-order chi connectivity index (χ1) is 4.68. The van der Waals surface area contributed by atoms with Crippen LogP contribution in [0, 0.1) is 0 Å². The second-order valence-electron chi connectivity index (χ2n) is 1.70. The van der Waals surface area contributed by atoms with E-state index in [-0.39, 0.29) is 6.42 Å². The molecule has 0 bridgehead atoms. The lowest BCUT2D eigenvalue weighted by Crippen LogP contribution is -2.17. The third-order valence-corrected chi connectivity index (χ3v) is 0.877. The molecule has 2 N–H and O–H groups in total. The van der Waals surface area contributed by atoms with Gasteiger partial charge in [-0.2, -0.15) is 0 Å². The maximum Gasteiger partial charge on any atom is 0.332 e. The van der Waals surface area contributed by atoms with Crippen molar-refractivity contribution in [3.63, 3.8) is 0 Å². The number of carbonyl (C=O) groups is 1. The normalized spacial score (nSPS) is 13.4. The first kappa shape index (κ1) is 8.97. The maximum atomic E-state index is 9.97. The van der Waals surface area contributed by atoms with Crippen LogP contribution in [0.4, 0.5) is 0 Å². The molecule has 0 aliphatic rings. The van der Waals surface area contributed by atoms with Crippen molar-refractivity contribution in [2.75, 3.05) is 7.11 Å². The number of carboxylic acid groups (broad SMARTS) is 1. The summed E-state index contributed by atoms with van der Waals surface area (Å²) in [6.07, 6.45) is 1.51. The number of methoxy groups -OCH3 is 1. The van der Waals surface area contributed by atoms with Gasteiger partial charge in [-0.25, -0.2) is 4.79 Å². The van der Waals surface area contributed by atoms with Gasteiger partial charge < -0.3 is 14.9 Å². The van der Waals surface area contributed by atoms with E-state index < -0.39 is 12.1 Å². The first-order valence-corrected chi connectivity index (χ1v) is 2.77. The zero-order valence-electron chi connectivity index (χ0n) is 5.65. The molecule has 58 valence electrons. The second-order valence-corrected chi connectivity index (χ2v) is 1.70. The van der Waals surface area contributed by atoms with Crippen LogP contribution >= 0.6 is 0 Å². The minimum Gasteiger partial charge on any atom is -0.505 e. The van der Waals surface area contributed by atoms with E-state index in [1.54, 1.807) is 0 Å². The van der Waals surface area contributed by atoms with Crippen LogP contribution in [0.25, 0.3) is 0 Å². The third-order valence-electron chi connectivity index (χ3n) is 0.877. The average molecular weight is 146 g/mol. The van der Waals surface area contributed by atoms with Crippen molar-refractivity contribution in [2.45, 2.75) is 12.5 Å². The van der Waals surface area contributed by atoms with Crippen LogP contribution in [-0.4, -0.2) is 29.4 Å². The van der Waals surface area contributed by atoms with Crippen molar-refractivity contribution in [3.05, 3.63) is 12.3 Å². The first-order valence-electron chi connectivity index (χ1n) is 2.77. The Balaban J connectivity index is 3.48. The van der Waals surface area contributed by atoms with Gasteiger partial charge in [0.25, 0.3) is 0 Å². The van der Waals surface area contributed by atoms with Crippen LogP contribution in [0.15, 0.2) is 12.3 Å². The predicted octanol–water partition coefficient (Wildman–Crippen LogP) is -0.0179. The van der Waals surface area contributed by atoms with E-state index in [0.29, 0.717) is 0 Å². The summed E-state index contributed by atoms with van der Waals surface area (Å²) in [5.41, 5.74) is 0. The molecule has 0 radical (unpaired) electrons. The molecule has 0 saturated carbocycles. The average Bonchev–Trinajstić information content (AvgIpc) is 1.88. The van der Waals surface area contributed by atoms with Gasteiger partial charge in [-0.1, -0.05) is 0 Å². The van der Waals surface area contributed by atoms with Crippen molar-refractivity contribution in [1.29, 1.82) is 0 Å². The van der Waals surface area contributed by atoms with Gasteiger partial charge >= 0.3 is 5.97 Å². The van der Waals surface area contributed by atoms with E-state index >= 15 is 0 Å². The number of aliphatic hydroxyl groups excluding tert-OH is 1. The third kappa shape index (κ3) is 3.91. The lowest BCUT2D eigenvalue weighted by atomic mass is 10.2. The maximum absolute atomic E-state index is 9.97. The molecule has 10 heavy (non-hydrogen) atoms. The van der Waals surface area contributed by atoms with E-state index in [1.807, 2.05) is 0 Å². The minimum atomic E-state index is -1.33. The Labute approximate surface area is 58.7 Å². The standard InChI is InChI=1S/C6H10O4/c1-10-4-2-3-5(7)6(8)9/h2,4-5,7H,3H2,1H3,(H,8,9)/b4-2+. The van der Waals surface area contributed by atoms with Crippen molar-refractivity contribution >= 4 is 5.97 Å². The summed E-state index contributed by atoms with van der Waals surface area (Å²) in [7, 11) is 1.45. The largest absolute Gasteiger partial charge is 0.505 e. The zero-order valence-corrected chi connectivity index (χ0v) is 5.65. The molecule has 1 atom stereocenters. The molecule has 1 unspecified atom stereocenters. The Hall–Kier alpha value is -1.03. The van der Waals surface area contributed by atoms with Crippen LogP contribution in [0.5, 0.6) is 0 Å². The number of carboxylic acids is 1. The van der Waals surface area contributed by atoms with Crippen molar-refractivity contribution in [1.82, 2.24) is 0 Å². The van der Waals surface area contributed by atoms with Gasteiger partial charge in [0, 0.05) is 6.42 Å². The predicted molar refractivity (Wildman–Crippen MR) is 34.4 cm³/mol. The minimum absolute atomic E-state index is 0.0726. The highest BCUT2D eigenvalue weighted by molar-refractivity contribution is 5.72. The van der Waals surface area contributed by atoms with E-state index in [9.17, 15) is 4.79 Å². The number of aliphatic carboxylic acids is 1. The summed E-state index contributed by atoms with van der Waals surface area (Å²) < 4.78 is 4.49. The quantitative estimate of drug-likeness (QED) is 0.547. The second kappa shape index (κ2) is 4.81. The van der Waals surface area contributed by atoms with Gasteiger partial charge in [-0.3, -0.25) is 0 Å². The number of aliphatic hydroxyl groups is 1. The number of hydrogen-bond donors (Lipinski definition) is 2. The summed E-state index contributed by atoms with van der Waals surface area (Å²) in [4.78, 5) is 9.97. The molecule has 0 amide bonds. The van der Waals surface area contributed by atoms with Gasteiger partial charge in [0.15, 0.2) is 6.10 Å². The fourth-order valence-corrected chi connectivity index (χ4v) is 0.381. The summed E-state index contributed by atoms with van der Waals surface area (Å²) in [6, 6.07) is 0. The lowest BCUT2D eigenvalue weighted by molar-refractivity contribution is -0.146. The molecule has 0 saturated heterocycles. The van der Waals surface area contributed by atoms with Crippen LogP contribution in [0.2, 0.25) is 0 Å². The fourth-order valence-electron chi connectivity index (χ4n) is 0.381. The Bertz CT molecular complexity index is 130. The Morgan fingerprint density at radius 3 is 2.80 bits per heavy atom. The monoisotopic (exact) mass is 146 g/mol. The van der Waals surface area contributed by atoms with E-state index in [2.05, 4.69) is 4.74 Å². The summed E-state index contributed by atoms with van der Waals surface area (Å²) >= 11 is 0. The summed E-state index contributed by atoms with van der Waals surface area (Å²) in [5.74, 6) is -1.22. The van der Waals surface area contributed by atoms with Crippen molar-refractivity contribution in [3.8, 4) is 0 Å². The van der Waals surface area contributed by atoms with E-state index in [0.717, 1.165) is 0 Å². The summed E-state index contributed by atoms with van der Waals surface area (Å²) in [6.45, 7) is 0. The van der Waals surface area contributed by atoms with Crippen molar-refractivity contribution < 1.29 is 19.7 Å². The molecule has 0 aromatic carbocycles. The Kier molecular flexibility index (Phi) is 4.32. The topological polar surface area (TPSA) is 66.8 Å². The smallest absolute Gasteiger partial charge is 0.332 e. The zero-order chi connectivity index (χ0) is 7.98. The van der Waals surface area contributed by atoms with Gasteiger partial charge in [0.1, 0.15) is 0 Å². The van der Waals surface area contributed by atoms with Crippen LogP contribution in [0.3, 0.4) is 0 Å². The fraction of sp³-hybridized carbons (Fsp3) is 0.500. The highest BCUT2D eigenvalue weighted by Crippen LogP contribution is 1.92. The van der Waals surface area contributed by atoms with Crippen LogP contribution in [-0.2, 0) is 9.53 Å². The van der Waals surface area contributed by atoms with E-state index in [1.165, 1.54) is 19.4 Å². The number of hydrogen-bond acceptors (Lipinski definition) is 3.